The van der Waals surface area contributed by atoms with E-state index in [1.54, 1.807) is 12.1 Å². The largest absolute Gasteiger partial charge is 0.487 e. The van der Waals surface area contributed by atoms with E-state index in [1.165, 1.54) is 44.8 Å². The Bertz CT molecular complexity index is 629. The van der Waals surface area contributed by atoms with Crippen molar-refractivity contribution in [2.45, 2.75) is 39.0 Å². The van der Waals surface area contributed by atoms with Crippen molar-refractivity contribution in [3.05, 3.63) is 33.9 Å². The first kappa shape index (κ1) is 22.4. The smallest absolute Gasteiger partial charge is 0.414 e. The summed E-state index contributed by atoms with van der Waals surface area (Å²) < 4.78 is 5.63. The zero-order valence-corrected chi connectivity index (χ0v) is 15.4. The number of carboxylic acid groups (broad SMARTS) is 2. The number of benzene rings is 1. The van der Waals surface area contributed by atoms with Crippen molar-refractivity contribution in [3.63, 3.8) is 0 Å². The lowest BCUT2D eigenvalue weighted by Crippen LogP contribution is -2.26. The summed E-state index contributed by atoms with van der Waals surface area (Å²) in [6.07, 6.45) is 6.14. The topological polar surface area (TPSA) is 130 Å². The predicted octanol–water partition coefficient (Wildman–Crippen LogP) is 2.70. The Hall–Kier alpha value is -2.68. The molecule has 9 heteroatoms. The second-order valence-electron chi connectivity index (χ2n) is 6.30. The summed E-state index contributed by atoms with van der Waals surface area (Å²) in [5, 5.41) is 25.8. The Labute approximate surface area is 157 Å². The van der Waals surface area contributed by atoms with Crippen LogP contribution in [0.3, 0.4) is 0 Å². The number of ether oxygens (including phenoxy) is 1. The van der Waals surface area contributed by atoms with Gasteiger partial charge >= 0.3 is 17.6 Å². The summed E-state index contributed by atoms with van der Waals surface area (Å²) in [7, 11) is 0. The van der Waals surface area contributed by atoms with Crippen LogP contribution in [-0.2, 0) is 9.59 Å². The maximum absolute atomic E-state index is 11.0. The third kappa shape index (κ3) is 9.00. The molecule has 1 aliphatic rings. The molecule has 1 aromatic rings. The van der Waals surface area contributed by atoms with Gasteiger partial charge in [-0.25, -0.2) is 9.59 Å². The van der Waals surface area contributed by atoms with Crippen molar-refractivity contribution in [1.82, 2.24) is 4.90 Å². The average molecular weight is 382 g/mol. The van der Waals surface area contributed by atoms with Gasteiger partial charge in [-0.1, -0.05) is 18.9 Å². The van der Waals surface area contributed by atoms with E-state index >= 15 is 0 Å². The molecule has 2 N–H and O–H groups in total. The minimum absolute atomic E-state index is 0.0513. The van der Waals surface area contributed by atoms with E-state index in [2.05, 4.69) is 4.90 Å². The second-order valence-corrected chi connectivity index (χ2v) is 6.30. The van der Waals surface area contributed by atoms with Crippen molar-refractivity contribution in [2.24, 2.45) is 0 Å². The minimum atomic E-state index is -1.82. The van der Waals surface area contributed by atoms with Gasteiger partial charge in [0.05, 0.1) is 11.5 Å². The fraction of sp³-hybridized carbons (Fsp3) is 0.556. The molecular weight excluding hydrogens is 356 g/mol. The van der Waals surface area contributed by atoms with Crippen LogP contribution in [0.25, 0.3) is 0 Å². The molecule has 0 spiro atoms. The molecule has 0 bridgehead atoms. The molecular formula is C18H26N2O7. The molecule has 0 aromatic heterocycles. The summed E-state index contributed by atoms with van der Waals surface area (Å²) in [6.45, 7) is 5.80. The number of rotatable bonds is 6. The van der Waals surface area contributed by atoms with Gasteiger partial charge in [0, 0.05) is 12.6 Å². The van der Waals surface area contributed by atoms with Crippen LogP contribution in [0, 0.1) is 17.0 Å². The number of nitro groups is 1. The Morgan fingerprint density at radius 1 is 1.15 bits per heavy atom. The molecule has 150 valence electrons. The maximum atomic E-state index is 11.0. The molecule has 1 fully saturated rings. The third-order valence-corrected chi connectivity index (χ3v) is 4.07. The van der Waals surface area contributed by atoms with Gasteiger partial charge in [0.25, 0.3) is 0 Å². The molecule has 1 heterocycles. The van der Waals surface area contributed by atoms with Crippen LogP contribution in [0.1, 0.15) is 37.7 Å². The monoisotopic (exact) mass is 382 g/mol. The second kappa shape index (κ2) is 11.8. The van der Waals surface area contributed by atoms with Crippen LogP contribution in [0.4, 0.5) is 5.69 Å². The number of carboxylic acids is 2. The van der Waals surface area contributed by atoms with Crippen molar-refractivity contribution in [1.29, 1.82) is 0 Å². The van der Waals surface area contributed by atoms with E-state index in [4.69, 9.17) is 24.5 Å². The molecule has 0 amide bonds. The van der Waals surface area contributed by atoms with Crippen LogP contribution in [0.5, 0.6) is 5.75 Å². The number of likely N-dealkylation sites (tertiary alicyclic amines) is 1. The highest BCUT2D eigenvalue weighted by molar-refractivity contribution is 6.27. The molecule has 0 aliphatic carbocycles. The first-order valence-electron chi connectivity index (χ1n) is 8.87. The molecule has 2 rings (SSSR count). The van der Waals surface area contributed by atoms with Gasteiger partial charge in [0.15, 0.2) is 5.75 Å². The summed E-state index contributed by atoms with van der Waals surface area (Å²) >= 11 is 0. The number of aryl methyl sites for hydroxylation is 1. The van der Waals surface area contributed by atoms with Gasteiger partial charge in [0.2, 0.25) is 0 Å². The van der Waals surface area contributed by atoms with Crippen LogP contribution >= 0.6 is 0 Å². The summed E-state index contributed by atoms with van der Waals surface area (Å²) in [6, 6.07) is 4.99. The highest BCUT2D eigenvalue weighted by Crippen LogP contribution is 2.27. The lowest BCUT2D eigenvalue weighted by Gasteiger charge is -2.19. The normalized spacial score (nSPS) is 14.4. The van der Waals surface area contributed by atoms with E-state index in [9.17, 15) is 10.1 Å². The Balaban J connectivity index is 0.000000527. The fourth-order valence-corrected chi connectivity index (χ4v) is 2.72. The van der Waals surface area contributed by atoms with Gasteiger partial charge in [-0.2, -0.15) is 0 Å². The number of carbonyl (C=O) groups is 2. The summed E-state index contributed by atoms with van der Waals surface area (Å²) in [5.74, 6) is -3.26. The van der Waals surface area contributed by atoms with Crippen LogP contribution < -0.4 is 4.74 Å². The van der Waals surface area contributed by atoms with Crippen LogP contribution in [-0.4, -0.2) is 58.2 Å². The van der Waals surface area contributed by atoms with Gasteiger partial charge < -0.3 is 19.8 Å². The highest BCUT2D eigenvalue weighted by atomic mass is 16.6. The number of nitro benzene ring substituents is 1. The molecule has 0 saturated carbocycles. The Kier molecular flexibility index (Phi) is 9.81. The van der Waals surface area contributed by atoms with E-state index in [0.29, 0.717) is 12.4 Å². The molecule has 1 aromatic carbocycles. The Morgan fingerprint density at radius 2 is 1.74 bits per heavy atom. The van der Waals surface area contributed by atoms with Crippen molar-refractivity contribution >= 4 is 17.6 Å². The minimum Gasteiger partial charge on any atom is -0.487 e. The van der Waals surface area contributed by atoms with Gasteiger partial charge in [0.1, 0.15) is 0 Å². The maximum Gasteiger partial charge on any atom is 0.414 e. The first-order chi connectivity index (χ1) is 12.8. The van der Waals surface area contributed by atoms with Gasteiger partial charge in [-0.05, 0) is 50.9 Å². The molecule has 0 atom stereocenters. The third-order valence-electron chi connectivity index (χ3n) is 4.07. The average Bonchev–Trinajstić information content (AvgIpc) is 2.88. The lowest BCUT2D eigenvalue weighted by molar-refractivity contribution is -0.385. The first-order valence-corrected chi connectivity index (χ1v) is 8.87. The quantitative estimate of drug-likeness (QED) is 0.332. The highest BCUT2D eigenvalue weighted by Gasteiger charge is 2.15. The fourth-order valence-electron chi connectivity index (χ4n) is 2.72. The molecule has 0 radical (unpaired) electrons. The molecule has 1 saturated heterocycles. The van der Waals surface area contributed by atoms with E-state index in [0.717, 1.165) is 18.5 Å². The van der Waals surface area contributed by atoms with Gasteiger partial charge in [-0.3, -0.25) is 10.1 Å². The molecule has 1 aliphatic heterocycles. The number of nitrogens with zero attached hydrogens (tertiary/aromatic N) is 2. The molecule has 0 unspecified atom stereocenters. The van der Waals surface area contributed by atoms with E-state index in [-0.39, 0.29) is 10.6 Å². The zero-order chi connectivity index (χ0) is 20.2. The summed E-state index contributed by atoms with van der Waals surface area (Å²) in [5.41, 5.74) is 1.03. The van der Waals surface area contributed by atoms with Crippen molar-refractivity contribution in [2.75, 3.05) is 26.2 Å². The van der Waals surface area contributed by atoms with Crippen molar-refractivity contribution < 1.29 is 29.5 Å². The Morgan fingerprint density at radius 3 is 2.26 bits per heavy atom. The van der Waals surface area contributed by atoms with E-state index in [1.807, 2.05) is 6.92 Å². The lowest BCUT2D eigenvalue weighted by atomic mass is 10.2. The van der Waals surface area contributed by atoms with Gasteiger partial charge in [-0.15, -0.1) is 0 Å². The van der Waals surface area contributed by atoms with Crippen molar-refractivity contribution in [3.8, 4) is 5.75 Å². The van der Waals surface area contributed by atoms with Crippen LogP contribution in [0.15, 0.2) is 18.2 Å². The molecule has 27 heavy (non-hydrogen) atoms. The zero-order valence-electron chi connectivity index (χ0n) is 15.4. The standard InChI is InChI=1S/C16H24N2O3.C2H2O4/c1-14-7-8-15(18(19)20)16(13-14)21-12-6-11-17-9-4-2-3-5-10-17;3-1(4)2(5)6/h7-8,13H,2-6,9-12H2,1H3;(H,3,4)(H,5,6). The number of hydrogen-bond donors (Lipinski definition) is 2. The number of hydrogen-bond acceptors (Lipinski definition) is 6. The predicted molar refractivity (Wildman–Crippen MR) is 98.1 cm³/mol. The molecule has 9 nitrogen and oxygen atoms in total. The SMILES string of the molecule is Cc1ccc([N+](=O)[O-])c(OCCCN2CCCCCC2)c1.O=C(O)C(=O)O. The number of aliphatic carboxylic acids is 2. The van der Waals surface area contributed by atoms with Crippen LogP contribution in [0.2, 0.25) is 0 Å². The summed E-state index contributed by atoms with van der Waals surface area (Å²) in [4.78, 5) is 31.3. The van der Waals surface area contributed by atoms with E-state index < -0.39 is 11.9 Å².